The van der Waals surface area contributed by atoms with Gasteiger partial charge in [0.1, 0.15) is 4.88 Å². The summed E-state index contributed by atoms with van der Waals surface area (Å²) in [6.07, 6.45) is 4.82. The van der Waals surface area contributed by atoms with E-state index in [-0.39, 0.29) is 5.91 Å². The van der Waals surface area contributed by atoms with Crippen LogP contribution in [0.4, 0.5) is 10.7 Å². The van der Waals surface area contributed by atoms with Crippen LogP contribution in [0.2, 0.25) is 0 Å². The summed E-state index contributed by atoms with van der Waals surface area (Å²) in [7, 11) is 0. The van der Waals surface area contributed by atoms with E-state index in [1.807, 2.05) is 6.07 Å². The van der Waals surface area contributed by atoms with Crippen molar-refractivity contribution < 1.29 is 4.79 Å². The summed E-state index contributed by atoms with van der Waals surface area (Å²) in [6.45, 7) is 2.19. The van der Waals surface area contributed by atoms with E-state index >= 15 is 0 Å². The van der Waals surface area contributed by atoms with Crippen molar-refractivity contribution >= 4 is 27.9 Å². The molecule has 0 aromatic carbocycles. The number of nitrogens with one attached hydrogen (secondary N) is 2. The molecular formula is C13H19N3OS. The summed E-state index contributed by atoms with van der Waals surface area (Å²) in [5.41, 5.74) is 6.50. The molecular weight excluding hydrogens is 246 g/mol. The molecule has 4 N–H and O–H groups in total. The molecule has 18 heavy (non-hydrogen) atoms. The molecule has 1 heterocycles. The molecule has 1 unspecified atom stereocenters. The van der Waals surface area contributed by atoms with E-state index < -0.39 is 0 Å². The predicted molar refractivity (Wildman–Crippen MR) is 75.0 cm³/mol. The van der Waals surface area contributed by atoms with Gasteiger partial charge in [-0.05, 0) is 44.6 Å². The maximum absolute atomic E-state index is 12.0. The lowest BCUT2D eigenvalue weighted by Crippen LogP contribution is -2.25. The van der Waals surface area contributed by atoms with Gasteiger partial charge in [0.2, 0.25) is 0 Å². The SMILES string of the molecule is CC(Nc1cc(N)c(C(=O)NC2CC2)s1)C1CC1. The number of nitrogens with two attached hydrogens (primary N) is 1. The van der Waals surface area contributed by atoms with Gasteiger partial charge in [-0.15, -0.1) is 11.3 Å². The van der Waals surface area contributed by atoms with Crippen LogP contribution in [0.25, 0.3) is 0 Å². The van der Waals surface area contributed by atoms with Gasteiger partial charge in [-0.2, -0.15) is 0 Å². The Kier molecular flexibility index (Phi) is 2.93. The molecule has 0 aliphatic heterocycles. The highest BCUT2D eigenvalue weighted by Crippen LogP contribution is 2.36. The average Bonchev–Trinajstić information content (AvgIpc) is 3.19. The van der Waals surface area contributed by atoms with E-state index in [0.717, 1.165) is 23.8 Å². The van der Waals surface area contributed by atoms with Crippen molar-refractivity contribution in [3.05, 3.63) is 10.9 Å². The van der Waals surface area contributed by atoms with Crippen LogP contribution in [0, 0.1) is 5.92 Å². The maximum Gasteiger partial charge on any atom is 0.263 e. The van der Waals surface area contributed by atoms with E-state index in [9.17, 15) is 4.79 Å². The summed E-state index contributed by atoms with van der Waals surface area (Å²) in [5.74, 6) is 0.768. The Hall–Kier alpha value is -1.23. The highest BCUT2D eigenvalue weighted by atomic mass is 32.1. The van der Waals surface area contributed by atoms with Crippen LogP contribution in [0.1, 0.15) is 42.3 Å². The van der Waals surface area contributed by atoms with Gasteiger partial charge in [0.15, 0.2) is 0 Å². The first-order valence-electron chi connectivity index (χ1n) is 6.60. The summed E-state index contributed by atoms with van der Waals surface area (Å²) >= 11 is 1.46. The number of nitrogen functional groups attached to an aromatic ring is 1. The fourth-order valence-electron chi connectivity index (χ4n) is 2.07. The fraction of sp³-hybridized carbons (Fsp3) is 0.615. The summed E-state index contributed by atoms with van der Waals surface area (Å²) in [5, 5.41) is 7.43. The lowest BCUT2D eigenvalue weighted by Gasteiger charge is -2.11. The molecule has 2 aliphatic rings. The number of thiophene rings is 1. The van der Waals surface area contributed by atoms with Gasteiger partial charge in [0.05, 0.1) is 10.7 Å². The standard InChI is InChI=1S/C13H19N3OS/c1-7(8-2-3-8)15-11-6-10(14)12(18-11)13(17)16-9-4-5-9/h6-9,15H,2-5,14H2,1H3,(H,16,17). The summed E-state index contributed by atoms with van der Waals surface area (Å²) < 4.78 is 0. The van der Waals surface area contributed by atoms with E-state index in [4.69, 9.17) is 5.73 Å². The first-order valence-corrected chi connectivity index (χ1v) is 7.42. The Labute approximate surface area is 111 Å². The van der Waals surface area contributed by atoms with Crippen molar-refractivity contribution in [3.8, 4) is 0 Å². The Bertz CT molecular complexity index is 463. The predicted octanol–water partition coefficient (Wildman–Crippen LogP) is 2.43. The van der Waals surface area contributed by atoms with Crippen molar-refractivity contribution in [2.45, 2.75) is 44.7 Å². The Balaban J connectivity index is 1.66. The van der Waals surface area contributed by atoms with Gasteiger partial charge in [-0.25, -0.2) is 0 Å². The molecule has 1 amide bonds. The number of amides is 1. The van der Waals surface area contributed by atoms with Crippen LogP contribution in [0.15, 0.2) is 6.07 Å². The second kappa shape index (κ2) is 4.46. The third-order valence-electron chi connectivity index (χ3n) is 3.58. The Morgan fingerprint density at radius 3 is 2.78 bits per heavy atom. The van der Waals surface area contributed by atoms with E-state index in [2.05, 4.69) is 17.6 Å². The molecule has 0 bridgehead atoms. The molecule has 3 rings (SSSR count). The minimum Gasteiger partial charge on any atom is -0.397 e. The van der Waals surface area contributed by atoms with Gasteiger partial charge in [-0.3, -0.25) is 4.79 Å². The Morgan fingerprint density at radius 1 is 1.44 bits per heavy atom. The van der Waals surface area contributed by atoms with Crippen LogP contribution in [-0.4, -0.2) is 18.0 Å². The fourth-order valence-corrected chi connectivity index (χ4v) is 3.05. The third kappa shape index (κ3) is 2.61. The lowest BCUT2D eigenvalue weighted by molar-refractivity contribution is 0.0956. The second-order valence-electron chi connectivity index (χ2n) is 5.41. The summed E-state index contributed by atoms with van der Waals surface area (Å²) in [4.78, 5) is 12.6. The van der Waals surface area contributed by atoms with Crippen molar-refractivity contribution in [2.24, 2.45) is 5.92 Å². The van der Waals surface area contributed by atoms with Crippen molar-refractivity contribution in [1.82, 2.24) is 5.32 Å². The molecule has 5 heteroatoms. The summed E-state index contributed by atoms with van der Waals surface area (Å²) in [6, 6.07) is 2.73. The number of hydrogen-bond acceptors (Lipinski definition) is 4. The third-order valence-corrected chi connectivity index (χ3v) is 4.66. The molecule has 2 fully saturated rings. The average molecular weight is 265 g/mol. The topological polar surface area (TPSA) is 67.1 Å². The number of anilines is 2. The second-order valence-corrected chi connectivity index (χ2v) is 6.47. The normalized spacial score (nSPS) is 20.5. The minimum atomic E-state index is -0.0212. The molecule has 2 aliphatic carbocycles. The Morgan fingerprint density at radius 2 is 2.17 bits per heavy atom. The number of carbonyl (C=O) groups is 1. The zero-order valence-electron chi connectivity index (χ0n) is 10.5. The smallest absolute Gasteiger partial charge is 0.263 e. The first kappa shape index (κ1) is 11.8. The highest BCUT2D eigenvalue weighted by Gasteiger charge is 2.29. The number of hydrogen-bond donors (Lipinski definition) is 3. The van der Waals surface area contributed by atoms with Gasteiger partial charge in [-0.1, -0.05) is 0 Å². The van der Waals surface area contributed by atoms with Crippen molar-refractivity contribution in [1.29, 1.82) is 0 Å². The molecule has 1 aromatic heterocycles. The van der Waals surface area contributed by atoms with E-state index in [0.29, 0.717) is 22.6 Å². The van der Waals surface area contributed by atoms with Crippen LogP contribution in [-0.2, 0) is 0 Å². The monoisotopic (exact) mass is 265 g/mol. The molecule has 0 radical (unpaired) electrons. The van der Waals surface area contributed by atoms with Crippen molar-refractivity contribution in [3.63, 3.8) is 0 Å². The zero-order valence-corrected chi connectivity index (χ0v) is 11.3. The molecule has 0 spiro atoms. The van der Waals surface area contributed by atoms with Gasteiger partial charge < -0.3 is 16.4 Å². The van der Waals surface area contributed by atoms with Crippen LogP contribution in [0.5, 0.6) is 0 Å². The molecule has 2 saturated carbocycles. The van der Waals surface area contributed by atoms with Crippen LogP contribution < -0.4 is 16.4 Å². The van der Waals surface area contributed by atoms with Crippen LogP contribution in [0.3, 0.4) is 0 Å². The van der Waals surface area contributed by atoms with E-state index in [1.165, 1.54) is 24.2 Å². The number of carbonyl (C=O) groups excluding carboxylic acids is 1. The molecule has 4 nitrogen and oxygen atoms in total. The minimum absolute atomic E-state index is 0.0212. The maximum atomic E-state index is 12.0. The van der Waals surface area contributed by atoms with Crippen LogP contribution >= 0.6 is 11.3 Å². The molecule has 1 atom stereocenters. The first-order chi connectivity index (χ1) is 8.63. The number of rotatable bonds is 5. The van der Waals surface area contributed by atoms with Gasteiger partial charge in [0.25, 0.3) is 5.91 Å². The van der Waals surface area contributed by atoms with E-state index in [1.54, 1.807) is 0 Å². The van der Waals surface area contributed by atoms with Gasteiger partial charge in [0, 0.05) is 12.1 Å². The quantitative estimate of drug-likeness (QED) is 0.766. The van der Waals surface area contributed by atoms with Gasteiger partial charge >= 0.3 is 0 Å². The largest absolute Gasteiger partial charge is 0.397 e. The lowest BCUT2D eigenvalue weighted by atomic mass is 10.2. The van der Waals surface area contributed by atoms with Crippen molar-refractivity contribution in [2.75, 3.05) is 11.1 Å². The highest BCUT2D eigenvalue weighted by molar-refractivity contribution is 7.18. The molecule has 98 valence electrons. The molecule has 1 aromatic rings. The zero-order chi connectivity index (χ0) is 12.7. The molecule has 0 saturated heterocycles.